The number of hydrogen-bond acceptors (Lipinski definition) is 5. The fourth-order valence-electron chi connectivity index (χ4n) is 2.61. The number of pyridine rings is 1. The number of nitrogens with zero attached hydrogens (tertiary/aromatic N) is 2. The van der Waals surface area contributed by atoms with Gasteiger partial charge in [-0.25, -0.2) is 4.98 Å². The van der Waals surface area contributed by atoms with Crippen LogP contribution in [0.15, 0.2) is 47.7 Å². The molecule has 0 spiro atoms. The number of amidine groups is 1. The molecule has 0 saturated heterocycles. The van der Waals surface area contributed by atoms with Gasteiger partial charge in [-0.1, -0.05) is 24.0 Å². The van der Waals surface area contributed by atoms with Crippen molar-refractivity contribution < 1.29 is 0 Å². The lowest BCUT2D eigenvalue weighted by Gasteiger charge is -2.02. The van der Waals surface area contributed by atoms with Crippen LogP contribution in [-0.2, 0) is 0 Å². The Morgan fingerprint density at radius 2 is 1.92 bits per heavy atom. The molecule has 4 N–H and O–H groups in total. The molecule has 1 aliphatic heterocycles. The number of nitrogen functional groups attached to an aromatic ring is 1. The van der Waals surface area contributed by atoms with Crippen LogP contribution in [0.25, 0.3) is 10.9 Å². The third-order valence-electron chi connectivity index (χ3n) is 3.80. The molecule has 0 amide bonds. The highest BCUT2D eigenvalue weighted by Gasteiger charge is 2.07. The zero-order chi connectivity index (χ0) is 17.6. The first-order valence-corrected chi connectivity index (χ1v) is 8.78. The first-order valence-electron chi connectivity index (χ1n) is 7.88. The molecular weight excluding hydrogens is 330 g/mol. The predicted octanol–water partition coefficient (Wildman–Crippen LogP) is 2.44. The SMILES string of the molecule is CS.Nc1ncc2[nH]ccc2c1C#Cc1ccc(C2=NCCN2)cc1. The monoisotopic (exact) mass is 349 g/mol. The molecule has 126 valence electrons. The van der Waals surface area contributed by atoms with E-state index < -0.39 is 0 Å². The summed E-state index contributed by atoms with van der Waals surface area (Å²) in [6, 6.07) is 10.0. The number of aromatic amines is 1. The Kier molecular flexibility index (Phi) is 5.26. The van der Waals surface area contributed by atoms with Crippen LogP contribution >= 0.6 is 12.6 Å². The largest absolute Gasteiger partial charge is 0.383 e. The molecule has 0 saturated carbocycles. The number of nitrogens with one attached hydrogen (secondary N) is 2. The predicted molar refractivity (Wildman–Crippen MR) is 107 cm³/mol. The van der Waals surface area contributed by atoms with Gasteiger partial charge in [-0.05, 0) is 24.5 Å². The van der Waals surface area contributed by atoms with E-state index in [0.717, 1.165) is 46.5 Å². The van der Waals surface area contributed by atoms with Gasteiger partial charge in [0.15, 0.2) is 0 Å². The summed E-state index contributed by atoms with van der Waals surface area (Å²) in [6.45, 7) is 1.74. The van der Waals surface area contributed by atoms with Crippen LogP contribution in [0, 0.1) is 11.8 Å². The van der Waals surface area contributed by atoms with E-state index in [2.05, 4.69) is 44.7 Å². The lowest BCUT2D eigenvalue weighted by atomic mass is 10.1. The molecule has 25 heavy (non-hydrogen) atoms. The first-order chi connectivity index (χ1) is 12.3. The van der Waals surface area contributed by atoms with Crippen LogP contribution in [0.4, 0.5) is 5.82 Å². The average Bonchev–Trinajstić information content (AvgIpc) is 3.35. The smallest absolute Gasteiger partial charge is 0.139 e. The zero-order valence-corrected chi connectivity index (χ0v) is 14.8. The third kappa shape index (κ3) is 3.62. The number of thiol groups is 1. The van der Waals surface area contributed by atoms with Crippen LogP contribution < -0.4 is 11.1 Å². The molecule has 0 unspecified atom stereocenters. The van der Waals surface area contributed by atoms with Crippen LogP contribution in [0.3, 0.4) is 0 Å². The number of anilines is 1. The third-order valence-corrected chi connectivity index (χ3v) is 3.80. The summed E-state index contributed by atoms with van der Waals surface area (Å²) in [5, 5.41) is 4.25. The Bertz CT molecular complexity index is 961. The molecule has 0 atom stereocenters. The number of hydrogen-bond donors (Lipinski definition) is 4. The van der Waals surface area contributed by atoms with E-state index >= 15 is 0 Å². The van der Waals surface area contributed by atoms with Gasteiger partial charge in [0.2, 0.25) is 0 Å². The summed E-state index contributed by atoms with van der Waals surface area (Å²) in [6.07, 6.45) is 5.28. The molecule has 1 aromatic carbocycles. The molecule has 0 radical (unpaired) electrons. The Morgan fingerprint density at radius 3 is 2.64 bits per heavy atom. The topological polar surface area (TPSA) is 79.1 Å². The van der Waals surface area contributed by atoms with Crippen LogP contribution in [0.2, 0.25) is 0 Å². The molecule has 3 aromatic rings. The number of fused-ring (bicyclic) bond motifs is 1. The molecule has 0 fully saturated rings. The Balaban J connectivity index is 0.000000880. The maximum atomic E-state index is 5.97. The van der Waals surface area contributed by atoms with E-state index in [1.807, 2.05) is 36.5 Å². The molecule has 2 aromatic heterocycles. The summed E-state index contributed by atoms with van der Waals surface area (Å²) < 4.78 is 0. The van der Waals surface area contributed by atoms with Gasteiger partial charge in [0.25, 0.3) is 0 Å². The van der Waals surface area contributed by atoms with Crippen molar-refractivity contribution in [1.29, 1.82) is 0 Å². The minimum Gasteiger partial charge on any atom is -0.383 e. The van der Waals surface area contributed by atoms with Gasteiger partial charge in [0.1, 0.15) is 11.7 Å². The van der Waals surface area contributed by atoms with Gasteiger partial charge in [0, 0.05) is 29.3 Å². The maximum Gasteiger partial charge on any atom is 0.139 e. The minimum absolute atomic E-state index is 0.450. The zero-order valence-electron chi connectivity index (χ0n) is 13.9. The lowest BCUT2D eigenvalue weighted by Crippen LogP contribution is -2.19. The first kappa shape index (κ1) is 16.9. The second kappa shape index (κ2) is 7.77. The molecular formula is C19H19N5S. The van der Waals surface area contributed by atoms with Crippen molar-refractivity contribution in [2.75, 3.05) is 25.1 Å². The van der Waals surface area contributed by atoms with Crippen molar-refractivity contribution in [2.24, 2.45) is 4.99 Å². The van der Waals surface area contributed by atoms with Crippen LogP contribution in [-0.4, -0.2) is 35.1 Å². The number of nitrogens with two attached hydrogens (primary N) is 1. The van der Waals surface area contributed by atoms with E-state index in [-0.39, 0.29) is 0 Å². The van der Waals surface area contributed by atoms with Crippen molar-refractivity contribution in [2.45, 2.75) is 0 Å². The highest BCUT2D eigenvalue weighted by Crippen LogP contribution is 2.20. The van der Waals surface area contributed by atoms with Gasteiger partial charge in [-0.2, -0.15) is 12.6 Å². The van der Waals surface area contributed by atoms with Crippen molar-refractivity contribution >= 4 is 35.2 Å². The number of aromatic nitrogens is 2. The van der Waals surface area contributed by atoms with Gasteiger partial charge in [-0.15, -0.1) is 0 Å². The Labute approximate surface area is 152 Å². The van der Waals surface area contributed by atoms with Crippen molar-refractivity contribution in [3.8, 4) is 11.8 Å². The maximum absolute atomic E-state index is 5.97. The fourth-order valence-corrected chi connectivity index (χ4v) is 2.61. The molecule has 0 bridgehead atoms. The molecule has 3 heterocycles. The minimum atomic E-state index is 0.450. The normalized spacial score (nSPS) is 12.5. The highest BCUT2D eigenvalue weighted by atomic mass is 32.1. The van der Waals surface area contributed by atoms with Crippen LogP contribution in [0.5, 0.6) is 0 Å². The Morgan fingerprint density at radius 1 is 1.12 bits per heavy atom. The van der Waals surface area contributed by atoms with Crippen molar-refractivity contribution in [3.63, 3.8) is 0 Å². The second-order valence-electron chi connectivity index (χ2n) is 5.31. The fraction of sp³-hybridized carbons (Fsp3) is 0.158. The highest BCUT2D eigenvalue weighted by molar-refractivity contribution is 7.79. The number of H-pyrrole nitrogens is 1. The summed E-state index contributed by atoms with van der Waals surface area (Å²) in [7, 11) is 0. The number of benzene rings is 1. The van der Waals surface area contributed by atoms with Crippen LogP contribution in [0.1, 0.15) is 16.7 Å². The standard InChI is InChI=1S/C18H15N5.CH4S/c19-17-15(14-7-8-20-16(14)11-23-17)6-3-12-1-4-13(5-2-12)18-21-9-10-22-18;1-2/h1-2,4-5,7-8,11,20H,9-10H2,(H2,19,23)(H,21,22);2H,1H3. The quantitative estimate of drug-likeness (QED) is 0.402. The second-order valence-corrected chi connectivity index (χ2v) is 5.31. The van der Waals surface area contributed by atoms with Crippen molar-refractivity contribution in [3.05, 3.63) is 59.4 Å². The average molecular weight is 349 g/mol. The van der Waals surface area contributed by atoms with E-state index in [9.17, 15) is 0 Å². The summed E-state index contributed by atoms with van der Waals surface area (Å²) in [5.41, 5.74) is 9.67. The molecule has 5 nitrogen and oxygen atoms in total. The molecule has 4 rings (SSSR count). The van der Waals surface area contributed by atoms with Gasteiger partial charge >= 0.3 is 0 Å². The summed E-state index contributed by atoms with van der Waals surface area (Å²) >= 11 is 3.53. The number of rotatable bonds is 1. The van der Waals surface area contributed by atoms with E-state index in [4.69, 9.17) is 5.73 Å². The summed E-state index contributed by atoms with van der Waals surface area (Å²) in [5.74, 6) is 7.70. The Hall–Kier alpha value is -2.91. The molecule has 6 heteroatoms. The van der Waals surface area contributed by atoms with Gasteiger partial charge in [0.05, 0.1) is 23.8 Å². The van der Waals surface area contributed by atoms with E-state index in [0.29, 0.717) is 5.82 Å². The number of aliphatic imine (C=N–C) groups is 1. The van der Waals surface area contributed by atoms with Gasteiger partial charge in [-0.3, -0.25) is 4.99 Å². The van der Waals surface area contributed by atoms with Crippen molar-refractivity contribution in [1.82, 2.24) is 15.3 Å². The molecule has 1 aliphatic rings. The van der Waals surface area contributed by atoms with E-state index in [1.54, 1.807) is 12.5 Å². The van der Waals surface area contributed by atoms with E-state index in [1.165, 1.54) is 0 Å². The lowest BCUT2D eigenvalue weighted by molar-refractivity contribution is 0.960. The van der Waals surface area contributed by atoms with Gasteiger partial charge < -0.3 is 16.0 Å². The summed E-state index contributed by atoms with van der Waals surface area (Å²) in [4.78, 5) is 11.7. The molecule has 0 aliphatic carbocycles.